The van der Waals surface area contributed by atoms with Gasteiger partial charge in [-0.1, -0.05) is 25.5 Å². The first-order valence-corrected chi connectivity index (χ1v) is 4.11. The first kappa shape index (κ1) is 7.80. The SMILES string of the molecule is C=C1CC(CCC)N(C)C1. The molecule has 0 bridgehead atoms. The smallest absolute Gasteiger partial charge is 0.0190 e. The van der Waals surface area contributed by atoms with Crippen molar-refractivity contribution in [3.05, 3.63) is 12.2 Å². The molecule has 1 saturated heterocycles. The number of nitrogens with zero attached hydrogens (tertiary/aromatic N) is 1. The molecule has 1 heterocycles. The van der Waals surface area contributed by atoms with Gasteiger partial charge >= 0.3 is 0 Å². The van der Waals surface area contributed by atoms with E-state index in [1.54, 1.807) is 0 Å². The van der Waals surface area contributed by atoms with Crippen LogP contribution in [-0.2, 0) is 0 Å². The molecule has 1 atom stereocenters. The number of rotatable bonds is 2. The summed E-state index contributed by atoms with van der Waals surface area (Å²) in [6, 6.07) is 0.789. The van der Waals surface area contributed by atoms with E-state index < -0.39 is 0 Å². The first-order chi connectivity index (χ1) is 4.74. The fourth-order valence-corrected chi connectivity index (χ4v) is 1.69. The first-order valence-electron chi connectivity index (χ1n) is 4.11. The maximum atomic E-state index is 4.00. The van der Waals surface area contributed by atoms with E-state index in [0.717, 1.165) is 12.6 Å². The van der Waals surface area contributed by atoms with Crippen LogP contribution in [-0.4, -0.2) is 24.5 Å². The highest BCUT2D eigenvalue weighted by Crippen LogP contribution is 2.22. The highest BCUT2D eigenvalue weighted by molar-refractivity contribution is 5.06. The van der Waals surface area contributed by atoms with Crippen LogP contribution >= 0.6 is 0 Å². The summed E-state index contributed by atoms with van der Waals surface area (Å²) in [7, 11) is 2.19. The van der Waals surface area contributed by atoms with Gasteiger partial charge in [0.25, 0.3) is 0 Å². The van der Waals surface area contributed by atoms with Crippen molar-refractivity contribution in [2.24, 2.45) is 0 Å². The molecular formula is C9H17N. The van der Waals surface area contributed by atoms with Crippen molar-refractivity contribution < 1.29 is 0 Å². The topological polar surface area (TPSA) is 3.24 Å². The normalized spacial score (nSPS) is 27.8. The van der Waals surface area contributed by atoms with Crippen molar-refractivity contribution in [1.29, 1.82) is 0 Å². The molecule has 1 rings (SSSR count). The lowest BCUT2D eigenvalue weighted by atomic mass is 10.1. The Morgan fingerprint density at radius 3 is 2.80 bits per heavy atom. The van der Waals surface area contributed by atoms with Crippen molar-refractivity contribution in [2.75, 3.05) is 13.6 Å². The van der Waals surface area contributed by atoms with Gasteiger partial charge in [-0.3, -0.25) is 4.90 Å². The standard InChI is InChI=1S/C9H17N/c1-4-5-9-6-8(2)7-10(9)3/h9H,2,4-7H2,1,3H3. The number of likely N-dealkylation sites (N-methyl/N-ethyl adjacent to an activating group) is 1. The molecule has 10 heavy (non-hydrogen) atoms. The molecular weight excluding hydrogens is 122 g/mol. The lowest BCUT2D eigenvalue weighted by Crippen LogP contribution is -2.24. The van der Waals surface area contributed by atoms with Crippen LogP contribution in [0, 0.1) is 0 Å². The van der Waals surface area contributed by atoms with Gasteiger partial charge in [-0.15, -0.1) is 0 Å². The molecule has 1 heteroatoms. The third kappa shape index (κ3) is 1.60. The molecule has 0 aromatic rings. The van der Waals surface area contributed by atoms with E-state index in [-0.39, 0.29) is 0 Å². The van der Waals surface area contributed by atoms with Crippen LogP contribution in [0.5, 0.6) is 0 Å². The summed E-state index contributed by atoms with van der Waals surface area (Å²) in [5.41, 5.74) is 1.40. The van der Waals surface area contributed by atoms with Gasteiger partial charge in [0.05, 0.1) is 0 Å². The van der Waals surface area contributed by atoms with E-state index in [1.807, 2.05) is 0 Å². The Morgan fingerprint density at radius 1 is 1.70 bits per heavy atom. The predicted molar refractivity (Wildman–Crippen MR) is 45.1 cm³/mol. The monoisotopic (exact) mass is 139 g/mol. The predicted octanol–water partition coefficient (Wildman–Crippen LogP) is 2.05. The zero-order chi connectivity index (χ0) is 7.56. The lowest BCUT2D eigenvalue weighted by Gasteiger charge is -2.17. The third-order valence-corrected chi connectivity index (χ3v) is 2.24. The zero-order valence-electron chi connectivity index (χ0n) is 7.06. The summed E-state index contributed by atoms with van der Waals surface area (Å²) in [6.07, 6.45) is 3.85. The summed E-state index contributed by atoms with van der Waals surface area (Å²) in [5, 5.41) is 0. The van der Waals surface area contributed by atoms with E-state index in [1.165, 1.54) is 24.8 Å². The van der Waals surface area contributed by atoms with Crippen molar-refractivity contribution in [3.63, 3.8) is 0 Å². The Kier molecular flexibility index (Phi) is 2.50. The van der Waals surface area contributed by atoms with Gasteiger partial charge in [-0.2, -0.15) is 0 Å². The largest absolute Gasteiger partial charge is 0.299 e. The average molecular weight is 139 g/mol. The molecule has 0 N–H and O–H groups in total. The Bertz CT molecular complexity index is 129. The van der Waals surface area contributed by atoms with E-state index in [0.29, 0.717) is 0 Å². The van der Waals surface area contributed by atoms with Crippen LogP contribution in [0.3, 0.4) is 0 Å². The lowest BCUT2D eigenvalue weighted by molar-refractivity contribution is 0.296. The maximum Gasteiger partial charge on any atom is 0.0190 e. The molecule has 0 spiro atoms. The average Bonchev–Trinajstić information content (AvgIpc) is 2.13. The van der Waals surface area contributed by atoms with E-state index >= 15 is 0 Å². The van der Waals surface area contributed by atoms with Crippen LogP contribution in [0.25, 0.3) is 0 Å². The van der Waals surface area contributed by atoms with Gasteiger partial charge in [0.15, 0.2) is 0 Å². The summed E-state index contributed by atoms with van der Waals surface area (Å²) in [6.45, 7) is 7.36. The minimum absolute atomic E-state index is 0.789. The minimum Gasteiger partial charge on any atom is -0.299 e. The molecule has 1 unspecified atom stereocenters. The Balaban J connectivity index is 2.38. The van der Waals surface area contributed by atoms with Crippen LogP contribution in [0.4, 0.5) is 0 Å². The molecule has 0 amide bonds. The zero-order valence-corrected chi connectivity index (χ0v) is 7.06. The quantitative estimate of drug-likeness (QED) is 0.529. The highest BCUT2D eigenvalue weighted by Gasteiger charge is 2.21. The number of hydrogen-bond donors (Lipinski definition) is 0. The van der Waals surface area contributed by atoms with E-state index in [2.05, 4.69) is 25.5 Å². The molecule has 0 aromatic carbocycles. The summed E-state index contributed by atoms with van der Waals surface area (Å²) < 4.78 is 0. The van der Waals surface area contributed by atoms with Crippen LogP contribution in [0.2, 0.25) is 0 Å². The summed E-state index contributed by atoms with van der Waals surface area (Å²) in [4.78, 5) is 2.41. The Hall–Kier alpha value is -0.300. The van der Waals surface area contributed by atoms with Crippen molar-refractivity contribution >= 4 is 0 Å². The summed E-state index contributed by atoms with van der Waals surface area (Å²) in [5.74, 6) is 0. The van der Waals surface area contributed by atoms with Gasteiger partial charge in [0, 0.05) is 12.6 Å². The molecule has 0 aromatic heterocycles. The van der Waals surface area contributed by atoms with Crippen molar-refractivity contribution in [2.45, 2.75) is 32.2 Å². The van der Waals surface area contributed by atoms with E-state index in [9.17, 15) is 0 Å². The van der Waals surface area contributed by atoms with Gasteiger partial charge in [-0.25, -0.2) is 0 Å². The summed E-state index contributed by atoms with van der Waals surface area (Å²) >= 11 is 0. The second-order valence-corrected chi connectivity index (χ2v) is 3.31. The van der Waals surface area contributed by atoms with Gasteiger partial charge < -0.3 is 0 Å². The van der Waals surface area contributed by atoms with Crippen LogP contribution < -0.4 is 0 Å². The fraction of sp³-hybridized carbons (Fsp3) is 0.778. The molecule has 0 radical (unpaired) electrons. The number of hydrogen-bond acceptors (Lipinski definition) is 1. The maximum absolute atomic E-state index is 4.00. The molecule has 1 aliphatic heterocycles. The van der Waals surface area contributed by atoms with Crippen LogP contribution in [0.1, 0.15) is 26.2 Å². The molecule has 1 nitrogen and oxygen atoms in total. The second kappa shape index (κ2) is 3.20. The fourth-order valence-electron chi connectivity index (χ4n) is 1.69. The van der Waals surface area contributed by atoms with Crippen molar-refractivity contribution in [1.82, 2.24) is 4.90 Å². The third-order valence-electron chi connectivity index (χ3n) is 2.24. The minimum atomic E-state index is 0.789. The Labute approximate surface area is 63.7 Å². The molecule has 58 valence electrons. The van der Waals surface area contributed by atoms with Crippen molar-refractivity contribution in [3.8, 4) is 0 Å². The van der Waals surface area contributed by atoms with Crippen LogP contribution in [0.15, 0.2) is 12.2 Å². The Morgan fingerprint density at radius 2 is 2.40 bits per heavy atom. The van der Waals surface area contributed by atoms with E-state index in [4.69, 9.17) is 0 Å². The second-order valence-electron chi connectivity index (χ2n) is 3.31. The molecule has 1 fully saturated rings. The highest BCUT2D eigenvalue weighted by atomic mass is 15.1. The van der Waals surface area contributed by atoms with Gasteiger partial charge in [0.1, 0.15) is 0 Å². The number of likely N-dealkylation sites (tertiary alicyclic amines) is 1. The molecule has 0 saturated carbocycles. The molecule has 1 aliphatic rings. The van der Waals surface area contributed by atoms with Gasteiger partial charge in [0.2, 0.25) is 0 Å². The molecule has 0 aliphatic carbocycles. The van der Waals surface area contributed by atoms with Gasteiger partial charge in [-0.05, 0) is 19.9 Å².